The van der Waals surface area contributed by atoms with E-state index in [4.69, 9.17) is 5.11 Å². The van der Waals surface area contributed by atoms with Crippen molar-refractivity contribution in [1.29, 1.82) is 0 Å². The van der Waals surface area contributed by atoms with Gasteiger partial charge in [0, 0.05) is 6.07 Å². The first-order valence-corrected chi connectivity index (χ1v) is 7.76. The summed E-state index contributed by atoms with van der Waals surface area (Å²) in [6, 6.07) is 2.41. The fraction of sp³-hybridized carbons (Fsp3) is 0.308. The molecule has 114 valence electrons. The molecular formula is C13H13F2NO4S. The molecule has 0 saturated carbocycles. The first kappa shape index (κ1) is 15.4. The Morgan fingerprint density at radius 2 is 2.05 bits per heavy atom. The van der Waals surface area contributed by atoms with Crippen molar-refractivity contribution in [2.24, 2.45) is 0 Å². The highest BCUT2D eigenvalue weighted by atomic mass is 32.2. The van der Waals surface area contributed by atoms with Gasteiger partial charge < -0.3 is 5.11 Å². The highest BCUT2D eigenvalue weighted by Gasteiger charge is 2.34. The number of halogens is 2. The van der Waals surface area contributed by atoms with Crippen molar-refractivity contribution >= 4 is 21.7 Å². The van der Waals surface area contributed by atoms with E-state index in [0.717, 1.165) is 12.1 Å². The van der Waals surface area contributed by atoms with E-state index in [1.807, 2.05) is 4.72 Å². The average molecular weight is 317 g/mol. The maximum atomic E-state index is 13.5. The first-order valence-electron chi connectivity index (χ1n) is 6.21. The van der Waals surface area contributed by atoms with Gasteiger partial charge in [-0.3, -0.25) is 4.72 Å². The largest absolute Gasteiger partial charge is 0.478 e. The second-order valence-electron chi connectivity index (χ2n) is 4.66. The van der Waals surface area contributed by atoms with E-state index in [2.05, 4.69) is 0 Å². The molecule has 0 aromatic heterocycles. The van der Waals surface area contributed by atoms with Crippen molar-refractivity contribution in [1.82, 2.24) is 0 Å². The van der Waals surface area contributed by atoms with Crippen molar-refractivity contribution < 1.29 is 27.1 Å². The van der Waals surface area contributed by atoms with E-state index >= 15 is 0 Å². The Bertz CT molecular complexity index is 700. The van der Waals surface area contributed by atoms with Gasteiger partial charge in [-0.2, -0.15) is 0 Å². The molecule has 1 aliphatic carbocycles. The van der Waals surface area contributed by atoms with Crippen molar-refractivity contribution in [2.75, 3.05) is 4.72 Å². The van der Waals surface area contributed by atoms with Crippen LogP contribution in [0, 0.1) is 11.6 Å². The van der Waals surface area contributed by atoms with Gasteiger partial charge in [0.2, 0.25) is 10.0 Å². The average Bonchev–Trinajstić information content (AvgIpc) is 2.42. The summed E-state index contributed by atoms with van der Waals surface area (Å²) in [5.41, 5.74) is -0.636. The molecule has 1 aromatic carbocycles. The molecule has 0 radical (unpaired) electrons. The molecule has 1 unspecified atom stereocenters. The number of rotatable bonds is 4. The highest BCUT2D eigenvalue weighted by Crippen LogP contribution is 2.27. The predicted octanol–water partition coefficient (Wildman–Crippen LogP) is 2.27. The van der Waals surface area contributed by atoms with Gasteiger partial charge in [0.25, 0.3) is 0 Å². The predicted molar refractivity (Wildman–Crippen MR) is 72.3 cm³/mol. The molecule has 1 aliphatic rings. The van der Waals surface area contributed by atoms with E-state index < -0.39 is 38.6 Å². The normalized spacial score (nSPS) is 19.0. The molecule has 0 saturated heterocycles. The number of carboxylic acids is 1. The van der Waals surface area contributed by atoms with Crippen LogP contribution in [0.1, 0.15) is 19.3 Å². The Balaban J connectivity index is 2.31. The number of hydrogen-bond acceptors (Lipinski definition) is 3. The topological polar surface area (TPSA) is 83.5 Å². The van der Waals surface area contributed by atoms with E-state index in [1.165, 1.54) is 6.08 Å². The van der Waals surface area contributed by atoms with Gasteiger partial charge in [-0.1, -0.05) is 6.08 Å². The van der Waals surface area contributed by atoms with Gasteiger partial charge in [0.1, 0.15) is 16.9 Å². The Kier molecular flexibility index (Phi) is 4.26. The molecule has 21 heavy (non-hydrogen) atoms. The van der Waals surface area contributed by atoms with E-state index in [9.17, 15) is 22.0 Å². The maximum absolute atomic E-state index is 13.5. The second-order valence-corrected chi connectivity index (χ2v) is 6.52. The number of carbonyl (C=O) groups is 1. The van der Waals surface area contributed by atoms with Gasteiger partial charge in [0.05, 0.1) is 11.3 Å². The van der Waals surface area contributed by atoms with Gasteiger partial charge >= 0.3 is 5.97 Å². The lowest BCUT2D eigenvalue weighted by Gasteiger charge is -2.22. The van der Waals surface area contributed by atoms with Crippen molar-refractivity contribution in [3.05, 3.63) is 41.5 Å². The molecule has 0 spiro atoms. The van der Waals surface area contributed by atoms with Gasteiger partial charge in [0.15, 0.2) is 0 Å². The van der Waals surface area contributed by atoms with Gasteiger partial charge in [-0.25, -0.2) is 22.0 Å². The zero-order valence-electron chi connectivity index (χ0n) is 10.8. The standard InChI is InChI=1S/C13H13F2NO4S/c14-8-5-6-11(10(15)7-8)16-21(19,20)12-4-2-1-3-9(12)13(17)18/h3,5-7,12,16H,1-2,4H2,(H,17,18). The monoisotopic (exact) mass is 317 g/mol. The molecule has 0 bridgehead atoms. The lowest BCUT2D eigenvalue weighted by Crippen LogP contribution is -2.34. The van der Waals surface area contributed by atoms with E-state index in [0.29, 0.717) is 18.9 Å². The molecule has 2 rings (SSSR count). The molecule has 1 aromatic rings. The Hall–Kier alpha value is -1.96. The SMILES string of the molecule is O=C(O)C1=CCCCC1S(=O)(=O)Nc1ccc(F)cc1F. The third kappa shape index (κ3) is 3.38. The summed E-state index contributed by atoms with van der Waals surface area (Å²) in [6.07, 6.45) is 2.50. The summed E-state index contributed by atoms with van der Waals surface area (Å²) < 4.78 is 52.8. The molecule has 2 N–H and O–H groups in total. The van der Waals surface area contributed by atoms with E-state index in [1.54, 1.807) is 0 Å². The minimum Gasteiger partial charge on any atom is -0.478 e. The van der Waals surface area contributed by atoms with E-state index in [-0.39, 0.29) is 12.0 Å². The molecule has 5 nitrogen and oxygen atoms in total. The summed E-state index contributed by atoms with van der Waals surface area (Å²) in [5, 5.41) is 7.79. The summed E-state index contributed by atoms with van der Waals surface area (Å²) in [4.78, 5) is 11.1. The minimum atomic E-state index is -4.13. The maximum Gasteiger partial charge on any atom is 0.332 e. The third-order valence-corrected chi connectivity index (χ3v) is 4.93. The minimum absolute atomic E-state index is 0.135. The molecule has 0 fully saturated rings. The molecule has 0 aliphatic heterocycles. The first-order chi connectivity index (χ1) is 9.81. The van der Waals surface area contributed by atoms with Crippen LogP contribution in [0.5, 0.6) is 0 Å². The number of benzene rings is 1. The molecule has 0 heterocycles. The summed E-state index contributed by atoms with van der Waals surface area (Å²) in [5.74, 6) is -3.21. The fourth-order valence-corrected chi connectivity index (χ4v) is 3.81. The van der Waals surface area contributed by atoms with Crippen LogP contribution >= 0.6 is 0 Å². The van der Waals surface area contributed by atoms with Crippen LogP contribution < -0.4 is 4.72 Å². The van der Waals surface area contributed by atoms with Crippen LogP contribution in [0.15, 0.2) is 29.8 Å². The van der Waals surface area contributed by atoms with Crippen molar-refractivity contribution in [3.8, 4) is 0 Å². The second kappa shape index (κ2) is 5.80. The van der Waals surface area contributed by atoms with Crippen molar-refractivity contribution in [3.63, 3.8) is 0 Å². The zero-order valence-corrected chi connectivity index (χ0v) is 11.7. The lowest BCUT2D eigenvalue weighted by molar-refractivity contribution is -0.132. The Labute approximate surface area is 120 Å². The van der Waals surface area contributed by atoms with Crippen LogP contribution in [0.2, 0.25) is 0 Å². The van der Waals surface area contributed by atoms with Crippen LogP contribution in [0.3, 0.4) is 0 Å². The lowest BCUT2D eigenvalue weighted by atomic mass is 9.99. The summed E-state index contributed by atoms with van der Waals surface area (Å²) in [6.45, 7) is 0. The zero-order chi connectivity index (χ0) is 15.6. The van der Waals surface area contributed by atoms with Crippen LogP contribution in [0.4, 0.5) is 14.5 Å². The molecule has 0 amide bonds. The number of carboxylic acid groups (broad SMARTS) is 1. The Morgan fingerprint density at radius 3 is 2.67 bits per heavy atom. The number of nitrogens with one attached hydrogen (secondary N) is 1. The molecular weight excluding hydrogens is 304 g/mol. The van der Waals surface area contributed by atoms with Crippen LogP contribution in [-0.4, -0.2) is 24.7 Å². The molecule has 1 atom stereocenters. The van der Waals surface area contributed by atoms with Crippen LogP contribution in [0.25, 0.3) is 0 Å². The number of allylic oxidation sites excluding steroid dienone is 1. The fourth-order valence-electron chi connectivity index (χ4n) is 2.19. The number of aliphatic carboxylic acids is 1. The van der Waals surface area contributed by atoms with Gasteiger partial charge in [-0.15, -0.1) is 0 Å². The summed E-state index contributed by atoms with van der Waals surface area (Å²) >= 11 is 0. The smallest absolute Gasteiger partial charge is 0.332 e. The number of hydrogen-bond donors (Lipinski definition) is 2. The van der Waals surface area contributed by atoms with Crippen molar-refractivity contribution in [2.45, 2.75) is 24.5 Å². The number of sulfonamides is 1. The van der Waals surface area contributed by atoms with Gasteiger partial charge in [-0.05, 0) is 31.4 Å². The van der Waals surface area contributed by atoms with Crippen LogP contribution in [-0.2, 0) is 14.8 Å². The quantitative estimate of drug-likeness (QED) is 0.892. The highest BCUT2D eigenvalue weighted by molar-refractivity contribution is 7.93. The third-order valence-electron chi connectivity index (χ3n) is 3.19. The number of anilines is 1. The Morgan fingerprint density at radius 1 is 1.33 bits per heavy atom. The summed E-state index contributed by atoms with van der Waals surface area (Å²) in [7, 11) is -4.13. The molecule has 8 heteroatoms.